The average Bonchev–Trinajstić information content (AvgIpc) is 2.04. The van der Waals surface area contributed by atoms with Gasteiger partial charge in [-0.1, -0.05) is 0 Å². The van der Waals surface area contributed by atoms with Crippen molar-refractivity contribution >= 4 is 16.3 Å². The van der Waals surface area contributed by atoms with Crippen LogP contribution in [0.1, 0.15) is 17.3 Å². The molecule has 3 radical (unpaired) electrons. The third-order valence-corrected chi connectivity index (χ3v) is 1.70. The molecule has 0 aliphatic carbocycles. The first kappa shape index (κ1) is 8.80. The molecule has 0 amide bonds. The highest BCUT2D eigenvalue weighted by Crippen LogP contribution is 2.25. The number of carbonyl (C=O) groups is 1. The summed E-state index contributed by atoms with van der Waals surface area (Å²) in [6.45, 7) is 1.43. The van der Waals surface area contributed by atoms with Gasteiger partial charge in [0.1, 0.15) is 5.75 Å². The number of phenolic OH excluding ortho intramolecular Hbond substituents is 1. The molecule has 0 saturated heterocycles. The Kier molecular flexibility index (Phi) is 2.50. The number of rotatable bonds is 2. The van der Waals surface area contributed by atoms with Crippen molar-refractivity contribution in [2.75, 3.05) is 0 Å². The summed E-state index contributed by atoms with van der Waals surface area (Å²) in [4.78, 5) is 10.8. The first-order valence-corrected chi connectivity index (χ1v) is 3.73. The van der Waals surface area contributed by atoms with Crippen molar-refractivity contribution in [1.29, 1.82) is 0 Å². The van der Waals surface area contributed by atoms with Crippen LogP contribution in [0.4, 0.5) is 0 Å². The zero-order valence-electron chi connectivity index (χ0n) is 6.50. The second kappa shape index (κ2) is 3.40. The molecule has 1 rings (SSSR count). The second-order valence-electron chi connectivity index (χ2n) is 2.34. The van der Waals surface area contributed by atoms with Crippen molar-refractivity contribution in [3.8, 4) is 11.5 Å². The number of hydrogen-bond acceptors (Lipinski definition) is 3. The normalized spacial score (nSPS) is 9.50. The van der Waals surface area contributed by atoms with E-state index in [-0.39, 0.29) is 17.3 Å². The van der Waals surface area contributed by atoms with Crippen LogP contribution in [-0.2, 0) is 0 Å². The zero-order valence-corrected chi connectivity index (χ0v) is 7.50. The Bertz CT molecular complexity index is 309. The molecule has 0 atom stereocenters. The lowest BCUT2D eigenvalue weighted by atomic mass is 10.1. The number of aromatic hydroxyl groups is 1. The van der Waals surface area contributed by atoms with Crippen molar-refractivity contribution in [3.63, 3.8) is 0 Å². The predicted molar refractivity (Wildman–Crippen MR) is 44.5 cm³/mol. The minimum atomic E-state index is -0.0918. The highest BCUT2D eigenvalue weighted by atomic mass is 28.2. The molecular formula is C8H7O3Si. The summed E-state index contributed by atoms with van der Waals surface area (Å²) in [5.41, 5.74) is 0.458. The smallest absolute Gasteiger partial charge is 0.341 e. The Morgan fingerprint density at radius 2 is 2.25 bits per heavy atom. The molecule has 0 heterocycles. The molecule has 61 valence electrons. The Labute approximate surface area is 73.5 Å². The van der Waals surface area contributed by atoms with E-state index in [1.165, 1.54) is 19.1 Å². The minimum absolute atomic E-state index is 0.0577. The van der Waals surface area contributed by atoms with E-state index in [4.69, 9.17) is 0 Å². The van der Waals surface area contributed by atoms with Gasteiger partial charge >= 0.3 is 10.5 Å². The molecule has 12 heavy (non-hydrogen) atoms. The van der Waals surface area contributed by atoms with Crippen LogP contribution in [-0.4, -0.2) is 21.4 Å². The van der Waals surface area contributed by atoms with Gasteiger partial charge in [-0.2, -0.15) is 0 Å². The van der Waals surface area contributed by atoms with Gasteiger partial charge in [0, 0.05) is 5.56 Å². The fraction of sp³-hybridized carbons (Fsp3) is 0.125. The molecule has 0 unspecified atom stereocenters. The number of Topliss-reactive ketones (excluding diaryl/α,β-unsaturated/α-hetero) is 1. The van der Waals surface area contributed by atoms with Crippen molar-refractivity contribution in [3.05, 3.63) is 23.8 Å². The molecule has 0 spiro atoms. The Morgan fingerprint density at radius 1 is 1.58 bits per heavy atom. The molecular weight excluding hydrogens is 172 g/mol. The fourth-order valence-electron chi connectivity index (χ4n) is 0.823. The van der Waals surface area contributed by atoms with Gasteiger partial charge in [-0.05, 0) is 25.1 Å². The van der Waals surface area contributed by atoms with Gasteiger partial charge < -0.3 is 9.53 Å². The molecule has 1 N–H and O–H groups in total. The third kappa shape index (κ3) is 1.65. The summed E-state index contributed by atoms with van der Waals surface area (Å²) in [5.74, 6) is 0.139. The second-order valence-corrected chi connectivity index (χ2v) is 2.54. The van der Waals surface area contributed by atoms with Crippen molar-refractivity contribution in [1.82, 2.24) is 0 Å². The van der Waals surface area contributed by atoms with Crippen molar-refractivity contribution in [2.24, 2.45) is 0 Å². The maximum Gasteiger partial charge on any atom is 0.341 e. The number of carbonyl (C=O) groups excluding carboxylic acids is 1. The molecule has 0 bridgehead atoms. The third-order valence-electron chi connectivity index (χ3n) is 1.48. The van der Waals surface area contributed by atoms with Gasteiger partial charge in [0.05, 0.1) is 0 Å². The van der Waals surface area contributed by atoms with E-state index in [0.717, 1.165) is 0 Å². The predicted octanol–water partition coefficient (Wildman–Crippen LogP) is 1.06. The van der Waals surface area contributed by atoms with E-state index in [1.807, 2.05) is 0 Å². The Balaban J connectivity index is 3.10. The fourth-order valence-corrected chi connectivity index (χ4v) is 0.995. The molecule has 0 aliphatic rings. The van der Waals surface area contributed by atoms with E-state index >= 15 is 0 Å². The topological polar surface area (TPSA) is 46.5 Å². The van der Waals surface area contributed by atoms with E-state index in [2.05, 4.69) is 14.9 Å². The largest absolute Gasteiger partial charge is 0.538 e. The lowest BCUT2D eigenvalue weighted by Crippen LogP contribution is -1.92. The quantitative estimate of drug-likeness (QED) is 0.545. The maximum absolute atomic E-state index is 10.8. The SMILES string of the molecule is CC(=O)c1ccc(O[Si])c(O)c1. The molecule has 0 saturated carbocycles. The van der Waals surface area contributed by atoms with Crippen LogP contribution >= 0.6 is 0 Å². The molecule has 3 nitrogen and oxygen atoms in total. The first-order valence-electron chi connectivity index (χ1n) is 3.32. The Morgan fingerprint density at radius 3 is 2.67 bits per heavy atom. The zero-order chi connectivity index (χ0) is 9.14. The molecule has 0 aromatic heterocycles. The summed E-state index contributed by atoms with van der Waals surface area (Å²) >= 11 is 0. The van der Waals surface area contributed by atoms with Gasteiger partial charge in [0.15, 0.2) is 11.5 Å². The molecule has 0 aliphatic heterocycles. The van der Waals surface area contributed by atoms with Gasteiger partial charge in [-0.15, -0.1) is 0 Å². The minimum Gasteiger partial charge on any atom is -0.538 e. The van der Waals surface area contributed by atoms with Crippen LogP contribution in [0.5, 0.6) is 11.5 Å². The summed E-state index contributed by atoms with van der Waals surface area (Å²) in [7, 11) is 2.77. The monoisotopic (exact) mass is 179 g/mol. The van der Waals surface area contributed by atoms with Crippen molar-refractivity contribution < 1.29 is 14.3 Å². The number of hydrogen-bond donors (Lipinski definition) is 1. The Hall–Kier alpha value is -1.29. The van der Waals surface area contributed by atoms with Gasteiger partial charge in [0.25, 0.3) is 0 Å². The van der Waals surface area contributed by atoms with E-state index in [9.17, 15) is 9.90 Å². The van der Waals surface area contributed by atoms with E-state index in [0.29, 0.717) is 5.56 Å². The summed E-state index contributed by atoms with van der Waals surface area (Å²) < 4.78 is 4.62. The summed E-state index contributed by atoms with van der Waals surface area (Å²) in [6, 6.07) is 4.45. The average molecular weight is 179 g/mol. The number of benzene rings is 1. The van der Waals surface area contributed by atoms with E-state index < -0.39 is 0 Å². The van der Waals surface area contributed by atoms with Crippen LogP contribution in [0.25, 0.3) is 0 Å². The van der Waals surface area contributed by atoms with E-state index in [1.54, 1.807) is 6.07 Å². The van der Waals surface area contributed by atoms with Crippen LogP contribution in [0, 0.1) is 0 Å². The maximum atomic E-state index is 10.8. The molecule has 1 aromatic carbocycles. The van der Waals surface area contributed by atoms with Crippen LogP contribution in [0.15, 0.2) is 18.2 Å². The lowest BCUT2D eigenvalue weighted by Gasteiger charge is -2.03. The summed E-state index contributed by atoms with van der Waals surface area (Å²) in [5, 5.41) is 9.23. The van der Waals surface area contributed by atoms with Gasteiger partial charge in [-0.25, -0.2) is 0 Å². The number of ketones is 1. The highest BCUT2D eigenvalue weighted by Gasteiger charge is 2.04. The van der Waals surface area contributed by atoms with Gasteiger partial charge in [-0.3, -0.25) is 4.79 Å². The number of phenols is 1. The molecule has 4 heteroatoms. The van der Waals surface area contributed by atoms with Gasteiger partial charge in [0.2, 0.25) is 0 Å². The van der Waals surface area contributed by atoms with Crippen LogP contribution in [0.3, 0.4) is 0 Å². The molecule has 0 fully saturated rings. The standard InChI is InChI=1S/C8H7O3Si/c1-5(9)6-2-3-8(11-12)7(10)4-6/h2-4,10H,1H3. The molecule has 1 aromatic rings. The highest BCUT2D eigenvalue weighted by molar-refractivity contribution is 6.00. The summed E-state index contributed by atoms with van der Waals surface area (Å²) in [6.07, 6.45) is 0. The first-order chi connectivity index (χ1) is 5.65. The van der Waals surface area contributed by atoms with Crippen molar-refractivity contribution in [2.45, 2.75) is 6.92 Å². The van der Waals surface area contributed by atoms with Crippen LogP contribution in [0.2, 0.25) is 0 Å². The van der Waals surface area contributed by atoms with Crippen LogP contribution < -0.4 is 4.43 Å². The lowest BCUT2D eigenvalue weighted by molar-refractivity contribution is 0.101.